The largest absolute Gasteiger partial charge is 0.326 e. The molecule has 0 radical (unpaired) electrons. The van der Waals surface area contributed by atoms with E-state index in [1.165, 1.54) is 57.1 Å². The second-order valence-corrected chi connectivity index (χ2v) is 6.67. The lowest BCUT2D eigenvalue weighted by atomic mass is 9.84. The van der Waals surface area contributed by atoms with Gasteiger partial charge in [-0.1, -0.05) is 43.5 Å². The van der Waals surface area contributed by atoms with Crippen molar-refractivity contribution in [1.82, 2.24) is 4.90 Å². The zero-order chi connectivity index (χ0) is 13.8. The molecule has 0 bridgehead atoms. The van der Waals surface area contributed by atoms with Gasteiger partial charge in [-0.05, 0) is 49.3 Å². The molecular weight excluding hydrogens is 244 g/mol. The second-order valence-electron chi connectivity index (χ2n) is 6.67. The monoisotopic (exact) mass is 272 g/mol. The van der Waals surface area contributed by atoms with Crippen LogP contribution in [0.2, 0.25) is 0 Å². The molecule has 1 fully saturated rings. The highest BCUT2D eigenvalue weighted by Crippen LogP contribution is 2.27. The molecule has 0 spiro atoms. The van der Waals surface area contributed by atoms with Gasteiger partial charge < -0.3 is 5.73 Å². The maximum atomic E-state index is 6.51. The number of hydrogen-bond acceptors (Lipinski definition) is 2. The Hall–Kier alpha value is -0.860. The Kier molecular flexibility index (Phi) is 4.74. The van der Waals surface area contributed by atoms with E-state index < -0.39 is 0 Å². The molecule has 2 nitrogen and oxygen atoms in total. The van der Waals surface area contributed by atoms with Crippen molar-refractivity contribution in [2.45, 2.75) is 57.5 Å². The van der Waals surface area contributed by atoms with Crippen LogP contribution in [0.15, 0.2) is 24.3 Å². The Morgan fingerprint density at radius 2 is 1.80 bits per heavy atom. The molecule has 2 N–H and O–H groups in total. The van der Waals surface area contributed by atoms with Crippen molar-refractivity contribution >= 4 is 0 Å². The molecule has 0 aromatic heterocycles. The molecule has 0 amide bonds. The fourth-order valence-corrected chi connectivity index (χ4v) is 3.93. The fraction of sp³-hybridized carbons (Fsp3) is 0.667. The van der Waals surface area contributed by atoms with E-state index in [1.54, 1.807) is 5.56 Å². The SMILES string of the molecule is NC(CN1CCCc2ccccc2C1)C1CCCCC1. The highest BCUT2D eigenvalue weighted by Gasteiger charge is 2.23. The zero-order valence-corrected chi connectivity index (χ0v) is 12.6. The van der Waals surface area contributed by atoms with Crippen LogP contribution in [0.4, 0.5) is 0 Å². The lowest BCUT2D eigenvalue weighted by molar-refractivity contribution is 0.202. The van der Waals surface area contributed by atoms with Crippen molar-refractivity contribution in [3.63, 3.8) is 0 Å². The minimum Gasteiger partial charge on any atom is -0.326 e. The molecule has 20 heavy (non-hydrogen) atoms. The number of benzene rings is 1. The summed E-state index contributed by atoms with van der Waals surface area (Å²) < 4.78 is 0. The number of rotatable bonds is 3. The molecule has 0 saturated heterocycles. The number of nitrogens with two attached hydrogens (primary N) is 1. The first kappa shape index (κ1) is 14.1. The third-order valence-electron chi connectivity index (χ3n) is 5.16. The van der Waals surface area contributed by atoms with E-state index in [4.69, 9.17) is 5.73 Å². The van der Waals surface area contributed by atoms with Crippen molar-refractivity contribution < 1.29 is 0 Å². The van der Waals surface area contributed by atoms with Gasteiger partial charge in [0.05, 0.1) is 0 Å². The Morgan fingerprint density at radius 3 is 2.60 bits per heavy atom. The minimum absolute atomic E-state index is 0.376. The van der Waals surface area contributed by atoms with E-state index in [1.807, 2.05) is 0 Å². The molecule has 1 heterocycles. The van der Waals surface area contributed by atoms with Gasteiger partial charge in [-0.3, -0.25) is 4.90 Å². The summed E-state index contributed by atoms with van der Waals surface area (Å²) in [5, 5.41) is 0. The average molecular weight is 272 g/mol. The lowest BCUT2D eigenvalue weighted by Crippen LogP contribution is -2.42. The Morgan fingerprint density at radius 1 is 1.05 bits per heavy atom. The highest BCUT2D eigenvalue weighted by atomic mass is 15.1. The van der Waals surface area contributed by atoms with Crippen LogP contribution in [0, 0.1) is 5.92 Å². The fourth-order valence-electron chi connectivity index (χ4n) is 3.93. The van der Waals surface area contributed by atoms with Crippen LogP contribution in [0.25, 0.3) is 0 Å². The van der Waals surface area contributed by atoms with Gasteiger partial charge in [0, 0.05) is 19.1 Å². The second kappa shape index (κ2) is 6.73. The standard InChI is InChI=1S/C18H28N2/c19-18(16-8-2-1-3-9-16)14-20-12-6-11-15-7-4-5-10-17(15)13-20/h4-5,7,10,16,18H,1-3,6,8-9,11-14,19H2. The van der Waals surface area contributed by atoms with Gasteiger partial charge in [-0.15, -0.1) is 0 Å². The predicted octanol–water partition coefficient (Wildman–Crippen LogP) is 3.34. The van der Waals surface area contributed by atoms with E-state index in [-0.39, 0.29) is 0 Å². The molecule has 1 saturated carbocycles. The topological polar surface area (TPSA) is 29.3 Å². The molecule has 1 unspecified atom stereocenters. The highest BCUT2D eigenvalue weighted by molar-refractivity contribution is 5.28. The van der Waals surface area contributed by atoms with E-state index in [9.17, 15) is 0 Å². The maximum absolute atomic E-state index is 6.51. The number of aryl methyl sites for hydroxylation is 1. The van der Waals surface area contributed by atoms with Crippen LogP contribution in [-0.4, -0.2) is 24.0 Å². The minimum atomic E-state index is 0.376. The number of hydrogen-bond donors (Lipinski definition) is 1. The summed E-state index contributed by atoms with van der Waals surface area (Å²) in [5.41, 5.74) is 9.57. The van der Waals surface area contributed by atoms with Crippen LogP contribution >= 0.6 is 0 Å². The lowest BCUT2D eigenvalue weighted by Gasteiger charge is -2.31. The summed E-state index contributed by atoms with van der Waals surface area (Å²) in [4.78, 5) is 2.59. The molecule has 3 rings (SSSR count). The molecule has 1 atom stereocenters. The first-order valence-corrected chi connectivity index (χ1v) is 8.37. The quantitative estimate of drug-likeness (QED) is 0.914. The van der Waals surface area contributed by atoms with Gasteiger partial charge in [0.2, 0.25) is 0 Å². The van der Waals surface area contributed by atoms with Gasteiger partial charge in [-0.25, -0.2) is 0 Å². The van der Waals surface area contributed by atoms with E-state index >= 15 is 0 Å². The molecule has 2 heteroatoms. The van der Waals surface area contributed by atoms with Gasteiger partial charge in [-0.2, -0.15) is 0 Å². The molecule has 1 aromatic rings. The third kappa shape index (κ3) is 3.42. The molecule has 110 valence electrons. The average Bonchev–Trinajstić information content (AvgIpc) is 2.69. The van der Waals surface area contributed by atoms with E-state index in [0.717, 1.165) is 19.0 Å². The molecule has 1 aliphatic heterocycles. The first-order chi connectivity index (χ1) is 9.83. The Balaban J connectivity index is 1.60. The van der Waals surface area contributed by atoms with Crippen LogP contribution in [0.3, 0.4) is 0 Å². The van der Waals surface area contributed by atoms with Crippen molar-refractivity contribution in [1.29, 1.82) is 0 Å². The summed E-state index contributed by atoms with van der Waals surface area (Å²) >= 11 is 0. The zero-order valence-electron chi connectivity index (χ0n) is 12.6. The van der Waals surface area contributed by atoms with E-state index in [0.29, 0.717) is 6.04 Å². The van der Waals surface area contributed by atoms with Crippen LogP contribution in [0.1, 0.15) is 49.7 Å². The van der Waals surface area contributed by atoms with Crippen molar-refractivity contribution in [2.24, 2.45) is 11.7 Å². The van der Waals surface area contributed by atoms with Crippen LogP contribution in [0.5, 0.6) is 0 Å². The van der Waals surface area contributed by atoms with Crippen molar-refractivity contribution in [3.8, 4) is 0 Å². The Bertz CT molecular complexity index is 423. The summed E-state index contributed by atoms with van der Waals surface area (Å²) in [6.45, 7) is 3.38. The molecule has 2 aliphatic rings. The van der Waals surface area contributed by atoms with Gasteiger partial charge in [0.15, 0.2) is 0 Å². The molecule has 1 aliphatic carbocycles. The van der Waals surface area contributed by atoms with E-state index in [2.05, 4.69) is 29.2 Å². The van der Waals surface area contributed by atoms with Crippen LogP contribution < -0.4 is 5.73 Å². The predicted molar refractivity (Wildman–Crippen MR) is 84.6 cm³/mol. The van der Waals surface area contributed by atoms with Crippen molar-refractivity contribution in [3.05, 3.63) is 35.4 Å². The maximum Gasteiger partial charge on any atom is 0.0237 e. The van der Waals surface area contributed by atoms with Crippen LogP contribution in [-0.2, 0) is 13.0 Å². The van der Waals surface area contributed by atoms with Crippen molar-refractivity contribution in [2.75, 3.05) is 13.1 Å². The summed E-state index contributed by atoms with van der Waals surface area (Å²) in [6.07, 6.45) is 9.40. The third-order valence-corrected chi connectivity index (χ3v) is 5.16. The number of fused-ring (bicyclic) bond motifs is 1. The first-order valence-electron chi connectivity index (χ1n) is 8.37. The van der Waals surface area contributed by atoms with Gasteiger partial charge >= 0.3 is 0 Å². The number of nitrogens with zero attached hydrogens (tertiary/aromatic N) is 1. The molecule has 1 aromatic carbocycles. The summed E-state index contributed by atoms with van der Waals surface area (Å²) in [7, 11) is 0. The van der Waals surface area contributed by atoms with Gasteiger partial charge in [0.1, 0.15) is 0 Å². The summed E-state index contributed by atoms with van der Waals surface area (Å²) in [5.74, 6) is 0.766. The van der Waals surface area contributed by atoms with Gasteiger partial charge in [0.25, 0.3) is 0 Å². The molecular formula is C18H28N2. The summed E-state index contributed by atoms with van der Waals surface area (Å²) in [6, 6.07) is 9.30. The Labute approximate surface area is 123 Å². The normalized spacial score (nSPS) is 23.1. The smallest absolute Gasteiger partial charge is 0.0237 e.